The number of halogens is 1. The van der Waals surface area contributed by atoms with Crippen LogP contribution in [-0.2, 0) is 28.2 Å². The molecule has 8 heterocycles. The van der Waals surface area contributed by atoms with Gasteiger partial charge >= 0.3 is 0 Å². The largest absolute Gasteiger partial charge is 0.220 e. The third-order valence-corrected chi connectivity index (χ3v) is 44.7. The summed E-state index contributed by atoms with van der Waals surface area (Å²) >= 11 is 0. The molecule has 4 saturated heterocycles. The van der Waals surface area contributed by atoms with Crippen LogP contribution >= 0.6 is 0 Å². The molecular weight excluding hydrogens is 1680 g/mol. The lowest BCUT2D eigenvalue weighted by molar-refractivity contribution is -0.659. The maximum absolute atomic E-state index is 15.0. The molecule has 0 bridgehead atoms. The summed E-state index contributed by atoms with van der Waals surface area (Å²) < 4.78 is 24.0. The number of pyridine rings is 4. The number of rotatable bonds is 13. The molecule has 678 valence electrons. The average Bonchev–Trinajstić information content (AvgIpc) is 0.690. The fraction of sp³-hybridized carbons (Fsp3) is 0.323. The highest BCUT2D eigenvalue weighted by Crippen LogP contribution is 2.47. The maximum Gasteiger partial charge on any atom is 0.220 e. The van der Waals surface area contributed by atoms with Crippen LogP contribution in [0.1, 0.15) is 150 Å². The van der Waals surface area contributed by atoms with E-state index in [0.717, 1.165) is 40.1 Å². The third kappa shape index (κ3) is 21.0. The Labute approximate surface area is 799 Å². The summed E-state index contributed by atoms with van der Waals surface area (Å²) in [6, 6.07) is 112. The number of aromatic nitrogens is 4. The molecule has 0 saturated carbocycles. The second-order valence-electron chi connectivity index (χ2n) is 43.7. The lowest BCUT2D eigenvalue weighted by Crippen LogP contribution is -2.31. The monoisotopic (exact) mass is 1820 g/mol. The van der Waals surface area contributed by atoms with Crippen molar-refractivity contribution in [3.63, 3.8) is 0 Å². The Balaban J connectivity index is 0.000000124. The highest BCUT2D eigenvalue weighted by atomic mass is 28.3. The molecule has 4 aliphatic heterocycles. The lowest BCUT2D eigenvalue weighted by Gasteiger charge is -2.33. The molecule has 12 aromatic carbocycles. The average molecular weight is 1820 g/mol. The van der Waals surface area contributed by atoms with Gasteiger partial charge in [0.25, 0.3) is 0 Å². The summed E-state index contributed by atoms with van der Waals surface area (Å²) in [5.41, 5.74) is 33.3. The number of nitrogens with zero attached hydrogens (tertiary/aromatic N) is 4. The van der Waals surface area contributed by atoms with Crippen LogP contribution < -0.4 is 18.3 Å². The van der Waals surface area contributed by atoms with Gasteiger partial charge in [-0.3, -0.25) is 0 Å². The van der Waals surface area contributed by atoms with Gasteiger partial charge in [-0.1, -0.05) is 309 Å². The van der Waals surface area contributed by atoms with Gasteiger partial charge in [0.1, 0.15) is 34.0 Å². The van der Waals surface area contributed by atoms with E-state index in [0.29, 0.717) is 17.4 Å². The standard InChI is InChI=1S/C33H40NSi.C31H36NSi.C30H33FNSi.C30H34NSi/c1-23(2)31-21-29(25-10-8-7-9-11-25)22-32(24(31)3)33-30-13-12-27(20-28(30)14-17-34(33)4)26-15-18-35(5,6)19-16-26;1-22-19-28(24-9-7-6-8-10-24)21-30(23(22)2)31-29-12-11-26(20-27(29)13-16-32(31)3)25-14-17-33(4,5)18-15-25;1-21-18-29(31)28(23-8-6-5-7-9-23)20-27(21)30-26-11-10-24(19-25(26)12-15-32(30)2)22-13-16-33(3,4)17-14-22;1-22-20-25(23-8-6-5-7-9-23)10-12-28(22)30-29-13-11-26(21-27(29)14-17-31(30)2)24-15-18-32(3,4)19-16-24/h7-14,17,20-23,26H,15-16,18-19H2,1-6H3;6-13,16,19-21,25H,14-15,17-18H2,1-5H3;5-12,15,18-20,22H,13-14,16-17H2,1-4H3;5-14,17,20-21,24H,15-16,18-19H2,1-4H3/q4*+1. The van der Waals surface area contributed by atoms with Crippen molar-refractivity contribution in [2.45, 2.75) is 230 Å². The summed E-state index contributed by atoms with van der Waals surface area (Å²) in [6.07, 6.45) is 19.7. The highest BCUT2D eigenvalue weighted by Gasteiger charge is 2.36. The Hall–Kier alpha value is -10.9. The lowest BCUT2D eigenvalue weighted by atomic mass is 9.86. The molecule has 4 aromatic heterocycles. The summed E-state index contributed by atoms with van der Waals surface area (Å²) in [5.74, 6) is 3.19. The van der Waals surface area contributed by atoms with Gasteiger partial charge in [-0.2, -0.15) is 0 Å². The van der Waals surface area contributed by atoms with Crippen molar-refractivity contribution >= 4 is 75.4 Å². The Kier molecular flexibility index (Phi) is 27.9. The molecule has 133 heavy (non-hydrogen) atoms. The van der Waals surface area contributed by atoms with E-state index in [4.69, 9.17) is 0 Å². The van der Waals surface area contributed by atoms with Crippen molar-refractivity contribution in [3.8, 4) is 89.5 Å². The fourth-order valence-corrected chi connectivity index (χ4v) is 32.7. The quantitative estimate of drug-likeness (QED) is 0.0808. The molecular formula is C124H143FN4Si4+4. The van der Waals surface area contributed by atoms with Crippen molar-refractivity contribution in [3.05, 3.63) is 359 Å². The SMILES string of the molecule is Cc1c(-c2c3ccc(C4CC[Si](C)(C)CC4)cc3cc[n+]2C)cc(-c2ccccc2)cc1C(C)C.Cc1cc(-c2ccccc2)cc(-c2c3ccc(C4CC[Si](C)(C)CC4)cc3cc[n+]2C)c1C.Cc1cc(-c2ccccc2)ccc1-c1c2ccc(C3CC[Si](C)(C)CC3)cc2cc[n+]1C.Cc1cc(F)c(-c2ccccc2)cc1-c1c2ccc(C3CC[Si](C)(C)CC3)cc2cc[n+]1C. The first-order valence-corrected chi connectivity index (χ1v) is 63.5. The predicted molar refractivity (Wildman–Crippen MR) is 578 cm³/mol. The summed E-state index contributed by atoms with van der Waals surface area (Å²) in [5, 5.41) is 10.6. The van der Waals surface area contributed by atoms with E-state index in [1.54, 1.807) is 11.6 Å². The molecule has 0 atom stereocenters. The van der Waals surface area contributed by atoms with Crippen LogP contribution in [0.25, 0.3) is 133 Å². The van der Waals surface area contributed by atoms with Crippen LogP contribution in [0.2, 0.25) is 101 Å². The number of aryl methyl sites for hydroxylation is 7. The summed E-state index contributed by atoms with van der Waals surface area (Å²) in [7, 11) is 4.89. The highest BCUT2D eigenvalue weighted by molar-refractivity contribution is 6.78. The van der Waals surface area contributed by atoms with E-state index in [-0.39, 0.29) is 5.82 Å². The van der Waals surface area contributed by atoms with E-state index < -0.39 is 32.3 Å². The van der Waals surface area contributed by atoms with Crippen LogP contribution in [-0.4, -0.2) is 32.3 Å². The van der Waals surface area contributed by atoms with Crippen molar-refractivity contribution in [2.75, 3.05) is 0 Å². The van der Waals surface area contributed by atoms with Gasteiger partial charge in [-0.05, 0) is 286 Å². The first-order chi connectivity index (χ1) is 63.8. The molecule has 4 fully saturated rings. The maximum atomic E-state index is 15.0. The normalized spacial score (nSPS) is 16.3. The zero-order valence-electron chi connectivity index (χ0n) is 83.2. The van der Waals surface area contributed by atoms with Gasteiger partial charge in [0.15, 0.2) is 24.8 Å². The van der Waals surface area contributed by atoms with E-state index in [1.807, 2.05) is 43.3 Å². The van der Waals surface area contributed by atoms with E-state index in [1.165, 1.54) is 254 Å². The van der Waals surface area contributed by atoms with Crippen molar-refractivity contribution in [2.24, 2.45) is 28.2 Å². The molecule has 16 aromatic rings. The predicted octanol–water partition coefficient (Wildman–Crippen LogP) is 33.1. The third-order valence-electron chi connectivity index (χ3n) is 31.6. The van der Waals surface area contributed by atoms with Crippen molar-refractivity contribution in [1.29, 1.82) is 0 Å². The van der Waals surface area contributed by atoms with Gasteiger partial charge in [0, 0.05) is 67.7 Å². The Morgan fingerprint density at radius 3 is 0.887 bits per heavy atom. The van der Waals surface area contributed by atoms with E-state index in [9.17, 15) is 4.39 Å². The van der Waals surface area contributed by atoms with Crippen LogP contribution in [0.3, 0.4) is 0 Å². The van der Waals surface area contributed by atoms with Crippen LogP contribution in [0.5, 0.6) is 0 Å². The van der Waals surface area contributed by atoms with Crippen LogP contribution in [0.15, 0.2) is 298 Å². The Morgan fingerprint density at radius 2 is 0.549 bits per heavy atom. The minimum atomic E-state index is -0.958. The number of benzene rings is 12. The zero-order chi connectivity index (χ0) is 93.4. The van der Waals surface area contributed by atoms with Crippen molar-refractivity contribution in [1.82, 2.24) is 0 Å². The summed E-state index contributed by atoms with van der Waals surface area (Å²) in [6.45, 7) is 36.1. The first-order valence-electron chi connectivity index (χ1n) is 49.9. The second kappa shape index (κ2) is 39.6. The number of fused-ring (bicyclic) bond motifs is 4. The Morgan fingerprint density at radius 1 is 0.256 bits per heavy atom. The van der Waals surface area contributed by atoms with Gasteiger partial charge in [0.05, 0.1) is 38.2 Å². The topological polar surface area (TPSA) is 15.5 Å². The number of hydrogen-bond acceptors (Lipinski definition) is 0. The first kappa shape index (κ1) is 93.9. The molecule has 0 amide bonds. The van der Waals surface area contributed by atoms with Gasteiger partial charge in [-0.15, -0.1) is 0 Å². The molecule has 0 spiro atoms. The molecule has 0 radical (unpaired) electrons. The molecule has 0 N–H and O–H groups in total. The molecule has 20 rings (SSSR count). The van der Waals surface area contributed by atoms with E-state index >= 15 is 0 Å². The molecule has 4 aliphatic rings. The molecule has 0 aliphatic carbocycles. The van der Waals surface area contributed by atoms with Crippen molar-refractivity contribution < 1.29 is 22.7 Å². The van der Waals surface area contributed by atoms with Crippen LogP contribution in [0.4, 0.5) is 4.39 Å². The van der Waals surface area contributed by atoms with Gasteiger partial charge < -0.3 is 0 Å². The van der Waals surface area contributed by atoms with Gasteiger partial charge in [-0.25, -0.2) is 22.7 Å². The van der Waals surface area contributed by atoms with E-state index in [2.05, 4.69) is 396 Å². The fourth-order valence-electron chi connectivity index (χ4n) is 22.6. The molecule has 0 unspecified atom stereocenters. The summed E-state index contributed by atoms with van der Waals surface area (Å²) in [4.78, 5) is 0. The number of hydrogen-bond donors (Lipinski definition) is 0. The van der Waals surface area contributed by atoms with Crippen LogP contribution in [0, 0.1) is 40.4 Å². The Bertz CT molecular complexity index is 6910. The molecule has 9 heteroatoms. The molecule has 4 nitrogen and oxygen atoms in total. The zero-order valence-corrected chi connectivity index (χ0v) is 87.2. The van der Waals surface area contributed by atoms with Gasteiger partial charge in [0.2, 0.25) is 22.8 Å². The second-order valence-corrected chi connectivity index (χ2v) is 65.1. The minimum Gasteiger partial charge on any atom is -0.206 e. The smallest absolute Gasteiger partial charge is 0.206 e. The minimum absolute atomic E-state index is 0.170.